The predicted molar refractivity (Wildman–Crippen MR) is 80.5 cm³/mol. The molecular formula is C16H17N3O2. The summed E-state index contributed by atoms with van der Waals surface area (Å²) in [4.78, 5) is 27.4. The van der Waals surface area contributed by atoms with E-state index in [1.54, 1.807) is 24.4 Å². The number of aromatic nitrogens is 1. The molecular weight excluding hydrogens is 266 g/mol. The molecule has 2 N–H and O–H groups in total. The number of benzene rings is 1. The Morgan fingerprint density at radius 1 is 1.10 bits per heavy atom. The minimum absolute atomic E-state index is 0.153. The lowest BCUT2D eigenvalue weighted by Gasteiger charge is -2.17. The first-order valence-electron chi connectivity index (χ1n) is 6.68. The van der Waals surface area contributed by atoms with Gasteiger partial charge in [-0.3, -0.25) is 9.59 Å². The van der Waals surface area contributed by atoms with Crippen LogP contribution < -0.4 is 10.6 Å². The molecule has 1 aromatic heterocycles. The fraction of sp³-hybridized carbons (Fsp3) is 0.188. The first-order valence-corrected chi connectivity index (χ1v) is 6.68. The van der Waals surface area contributed by atoms with Gasteiger partial charge in [-0.05, 0) is 17.7 Å². The van der Waals surface area contributed by atoms with E-state index < -0.39 is 0 Å². The second kappa shape index (κ2) is 7.19. The monoisotopic (exact) mass is 283 g/mol. The van der Waals surface area contributed by atoms with E-state index in [1.807, 2.05) is 30.3 Å². The molecule has 2 aromatic rings. The molecule has 21 heavy (non-hydrogen) atoms. The Hall–Kier alpha value is -2.69. The molecule has 0 unspecified atom stereocenters. The summed E-state index contributed by atoms with van der Waals surface area (Å²) in [5.74, 6) is 0.128. The second-order valence-corrected chi connectivity index (χ2v) is 4.63. The largest absolute Gasteiger partial charge is 0.349 e. The number of hydrogen-bond acceptors (Lipinski definition) is 3. The standard InChI is InChI=1S/C16H17N3O2/c1-12(20)18-14(13-7-3-2-4-8-13)11-16(21)19-15-9-5-6-10-17-15/h2-10,14H,11H2,1H3,(H,18,20)(H,17,19,21)/t14-/m1/s1. The third kappa shape index (κ3) is 4.72. The van der Waals surface area contributed by atoms with Crippen LogP contribution in [-0.2, 0) is 9.59 Å². The van der Waals surface area contributed by atoms with Crippen LogP contribution >= 0.6 is 0 Å². The number of rotatable bonds is 5. The van der Waals surface area contributed by atoms with Crippen molar-refractivity contribution < 1.29 is 9.59 Å². The van der Waals surface area contributed by atoms with Crippen molar-refractivity contribution in [1.29, 1.82) is 0 Å². The first kappa shape index (κ1) is 14.7. The van der Waals surface area contributed by atoms with Gasteiger partial charge in [-0.25, -0.2) is 4.98 Å². The lowest BCUT2D eigenvalue weighted by Crippen LogP contribution is -2.29. The van der Waals surface area contributed by atoms with Crippen molar-refractivity contribution in [3.63, 3.8) is 0 Å². The molecule has 0 aliphatic heterocycles. The van der Waals surface area contributed by atoms with Crippen molar-refractivity contribution in [2.24, 2.45) is 0 Å². The maximum atomic E-state index is 12.1. The lowest BCUT2D eigenvalue weighted by atomic mass is 10.0. The predicted octanol–water partition coefficient (Wildman–Crippen LogP) is 2.29. The maximum absolute atomic E-state index is 12.1. The highest BCUT2D eigenvalue weighted by atomic mass is 16.2. The van der Waals surface area contributed by atoms with E-state index in [0.29, 0.717) is 5.82 Å². The van der Waals surface area contributed by atoms with Crippen LogP contribution in [0.5, 0.6) is 0 Å². The van der Waals surface area contributed by atoms with Gasteiger partial charge in [-0.2, -0.15) is 0 Å². The summed E-state index contributed by atoms with van der Waals surface area (Å²) >= 11 is 0. The number of amides is 2. The molecule has 0 bridgehead atoms. The van der Waals surface area contributed by atoms with Crippen LogP contribution in [0.4, 0.5) is 5.82 Å². The summed E-state index contributed by atoms with van der Waals surface area (Å²) in [5, 5.41) is 5.51. The van der Waals surface area contributed by atoms with Crippen molar-refractivity contribution in [1.82, 2.24) is 10.3 Å². The Kier molecular flexibility index (Phi) is 5.04. The van der Waals surface area contributed by atoms with Gasteiger partial charge >= 0.3 is 0 Å². The molecule has 5 heteroatoms. The molecule has 1 atom stereocenters. The van der Waals surface area contributed by atoms with E-state index in [4.69, 9.17) is 0 Å². The van der Waals surface area contributed by atoms with E-state index in [2.05, 4.69) is 15.6 Å². The van der Waals surface area contributed by atoms with E-state index in [0.717, 1.165) is 5.56 Å². The summed E-state index contributed by atoms with van der Waals surface area (Å²) in [6, 6.07) is 14.3. The van der Waals surface area contributed by atoms with Crippen molar-refractivity contribution in [2.75, 3.05) is 5.32 Å². The second-order valence-electron chi connectivity index (χ2n) is 4.63. The zero-order chi connectivity index (χ0) is 15.1. The minimum atomic E-state index is -0.354. The van der Waals surface area contributed by atoms with Crippen LogP contribution in [0.1, 0.15) is 24.9 Å². The quantitative estimate of drug-likeness (QED) is 0.884. The molecule has 2 amide bonds. The van der Waals surface area contributed by atoms with Gasteiger partial charge < -0.3 is 10.6 Å². The van der Waals surface area contributed by atoms with Gasteiger partial charge in [0.15, 0.2) is 0 Å². The molecule has 0 saturated heterocycles. The minimum Gasteiger partial charge on any atom is -0.349 e. The third-order valence-corrected chi connectivity index (χ3v) is 2.90. The summed E-state index contributed by atoms with van der Waals surface area (Å²) in [5.41, 5.74) is 0.892. The van der Waals surface area contributed by atoms with E-state index >= 15 is 0 Å². The molecule has 0 saturated carbocycles. The Balaban J connectivity index is 2.05. The molecule has 0 radical (unpaired) electrons. The Morgan fingerprint density at radius 2 is 1.81 bits per heavy atom. The van der Waals surface area contributed by atoms with Crippen LogP contribution in [0.2, 0.25) is 0 Å². The molecule has 0 fully saturated rings. The van der Waals surface area contributed by atoms with Crippen LogP contribution in [0.15, 0.2) is 54.7 Å². The van der Waals surface area contributed by atoms with Gasteiger partial charge in [0, 0.05) is 13.1 Å². The average Bonchev–Trinajstić information content (AvgIpc) is 2.48. The highest BCUT2D eigenvalue weighted by Crippen LogP contribution is 2.17. The molecule has 108 valence electrons. The molecule has 5 nitrogen and oxygen atoms in total. The number of anilines is 1. The fourth-order valence-electron chi connectivity index (χ4n) is 2.00. The summed E-state index contributed by atoms with van der Waals surface area (Å²) < 4.78 is 0. The van der Waals surface area contributed by atoms with Crippen molar-refractivity contribution >= 4 is 17.6 Å². The van der Waals surface area contributed by atoms with Crippen molar-refractivity contribution in [3.05, 3.63) is 60.3 Å². The molecule has 1 heterocycles. The topological polar surface area (TPSA) is 71.1 Å². The van der Waals surface area contributed by atoms with Crippen molar-refractivity contribution in [2.45, 2.75) is 19.4 Å². The average molecular weight is 283 g/mol. The van der Waals surface area contributed by atoms with Gasteiger partial charge in [0.05, 0.1) is 12.5 Å². The first-order chi connectivity index (χ1) is 10.1. The molecule has 1 aromatic carbocycles. The molecule has 0 spiro atoms. The van der Waals surface area contributed by atoms with Crippen LogP contribution in [0, 0.1) is 0 Å². The molecule has 0 aliphatic carbocycles. The summed E-state index contributed by atoms with van der Waals surface area (Å²) in [7, 11) is 0. The highest BCUT2D eigenvalue weighted by molar-refractivity contribution is 5.90. The third-order valence-electron chi connectivity index (χ3n) is 2.90. The van der Waals surface area contributed by atoms with E-state index in [9.17, 15) is 9.59 Å². The number of carbonyl (C=O) groups is 2. The number of nitrogens with zero attached hydrogens (tertiary/aromatic N) is 1. The van der Waals surface area contributed by atoms with Gasteiger partial charge in [0.25, 0.3) is 0 Å². The molecule has 0 aliphatic rings. The number of pyridine rings is 1. The zero-order valence-electron chi connectivity index (χ0n) is 11.7. The van der Waals surface area contributed by atoms with E-state index in [-0.39, 0.29) is 24.3 Å². The normalized spacial score (nSPS) is 11.5. The van der Waals surface area contributed by atoms with E-state index in [1.165, 1.54) is 6.92 Å². The zero-order valence-corrected chi connectivity index (χ0v) is 11.7. The Morgan fingerprint density at radius 3 is 2.43 bits per heavy atom. The Labute approximate surface area is 123 Å². The van der Waals surface area contributed by atoms with Gasteiger partial charge in [-0.1, -0.05) is 36.4 Å². The number of carbonyl (C=O) groups excluding carboxylic acids is 2. The van der Waals surface area contributed by atoms with Crippen LogP contribution in [-0.4, -0.2) is 16.8 Å². The maximum Gasteiger partial charge on any atom is 0.227 e. The summed E-state index contributed by atoms with van der Waals surface area (Å²) in [6.07, 6.45) is 1.76. The number of hydrogen-bond donors (Lipinski definition) is 2. The lowest BCUT2D eigenvalue weighted by molar-refractivity contribution is -0.120. The highest BCUT2D eigenvalue weighted by Gasteiger charge is 2.17. The van der Waals surface area contributed by atoms with Gasteiger partial charge in [-0.15, -0.1) is 0 Å². The fourth-order valence-corrected chi connectivity index (χ4v) is 2.00. The van der Waals surface area contributed by atoms with Crippen LogP contribution in [0.25, 0.3) is 0 Å². The van der Waals surface area contributed by atoms with Crippen molar-refractivity contribution in [3.8, 4) is 0 Å². The molecule has 2 rings (SSSR count). The smallest absolute Gasteiger partial charge is 0.227 e. The Bertz CT molecular complexity index is 599. The van der Waals surface area contributed by atoms with Crippen LogP contribution in [0.3, 0.4) is 0 Å². The number of nitrogens with one attached hydrogen (secondary N) is 2. The van der Waals surface area contributed by atoms with Gasteiger partial charge in [0.2, 0.25) is 11.8 Å². The SMILES string of the molecule is CC(=O)N[C@H](CC(=O)Nc1ccccn1)c1ccccc1. The van der Waals surface area contributed by atoms with Gasteiger partial charge in [0.1, 0.15) is 5.82 Å². The summed E-state index contributed by atoms with van der Waals surface area (Å²) in [6.45, 7) is 1.44.